The van der Waals surface area contributed by atoms with Crippen LogP contribution in [-0.4, -0.2) is 13.0 Å². The van der Waals surface area contributed by atoms with Gasteiger partial charge in [-0.2, -0.15) is 8.78 Å². The lowest BCUT2D eigenvalue weighted by atomic mass is 9.91. The molecule has 268 valence electrons. The van der Waals surface area contributed by atoms with Gasteiger partial charge in [0.25, 0.3) is 0 Å². The van der Waals surface area contributed by atoms with Crippen LogP contribution in [0.2, 0.25) is 0 Å². The summed E-state index contributed by atoms with van der Waals surface area (Å²) in [6.07, 6.45) is -8.11. The van der Waals surface area contributed by atoms with Gasteiger partial charge in [0.2, 0.25) is 5.75 Å². The van der Waals surface area contributed by atoms with E-state index < -0.39 is 104 Å². The molecule has 4 aromatic carbocycles. The second-order valence-corrected chi connectivity index (χ2v) is 11.4. The fourth-order valence-corrected chi connectivity index (χ4v) is 5.76. The highest BCUT2D eigenvalue weighted by atomic mass is 19.4. The van der Waals surface area contributed by atoms with Crippen LogP contribution >= 0.6 is 0 Å². The lowest BCUT2D eigenvalue weighted by Crippen LogP contribution is -2.25. The molecule has 0 aromatic heterocycles. The van der Waals surface area contributed by atoms with Crippen LogP contribution in [0.1, 0.15) is 49.8 Å². The quantitative estimate of drug-likeness (QED) is 0.161. The van der Waals surface area contributed by atoms with E-state index in [1.807, 2.05) is 6.92 Å². The second kappa shape index (κ2) is 14.0. The van der Waals surface area contributed by atoms with E-state index in [0.29, 0.717) is 18.9 Å². The van der Waals surface area contributed by atoms with Gasteiger partial charge in [0.15, 0.2) is 11.6 Å². The predicted molar refractivity (Wildman–Crippen MR) is 151 cm³/mol. The Bertz CT molecular complexity index is 1810. The first-order valence-corrected chi connectivity index (χ1v) is 14.8. The maximum Gasteiger partial charge on any atom is 0.573 e. The van der Waals surface area contributed by atoms with Gasteiger partial charge < -0.3 is 14.2 Å². The van der Waals surface area contributed by atoms with E-state index in [0.717, 1.165) is 31.4 Å². The summed E-state index contributed by atoms with van der Waals surface area (Å²) < 4.78 is 199. The molecule has 2 unspecified atom stereocenters. The number of alkyl halides is 5. The third-order valence-corrected chi connectivity index (χ3v) is 7.89. The monoisotopic (exact) mass is 726 g/mol. The molecule has 0 amide bonds. The number of ether oxygens (including phenoxy) is 3. The lowest BCUT2D eigenvalue weighted by Gasteiger charge is -2.29. The zero-order chi connectivity index (χ0) is 36.7. The molecule has 1 aliphatic heterocycles. The van der Waals surface area contributed by atoms with Crippen molar-refractivity contribution in [3.8, 4) is 33.8 Å². The van der Waals surface area contributed by atoms with Crippen molar-refractivity contribution in [3.05, 3.63) is 106 Å². The van der Waals surface area contributed by atoms with Crippen molar-refractivity contribution in [2.24, 2.45) is 5.92 Å². The number of benzene rings is 4. The Morgan fingerprint density at radius 1 is 0.620 bits per heavy atom. The first-order chi connectivity index (χ1) is 23.4. The standard InChI is InChI=1S/C34H23F13O3/c1-2-3-15-4-5-28(48-14-15)16-6-20(35)29(21(36)7-16)17-8-24(39)31(25(40)9-17)33(43,44)49-19-12-22(37)30(23(38)13-19)18-10-26(41)32(27(42)11-18)50-34(45,46)47/h6-13,15,28H,2-5,14H2,1H3. The van der Waals surface area contributed by atoms with Crippen molar-refractivity contribution in [1.29, 1.82) is 0 Å². The van der Waals surface area contributed by atoms with Crippen LogP contribution in [0.5, 0.6) is 11.5 Å². The van der Waals surface area contributed by atoms with Crippen LogP contribution in [0.4, 0.5) is 57.1 Å². The molecule has 0 N–H and O–H groups in total. The molecule has 3 nitrogen and oxygen atoms in total. The topological polar surface area (TPSA) is 27.7 Å². The molecule has 2 atom stereocenters. The summed E-state index contributed by atoms with van der Waals surface area (Å²) in [5, 5.41) is 0. The highest BCUT2D eigenvalue weighted by Crippen LogP contribution is 2.41. The zero-order valence-electron chi connectivity index (χ0n) is 25.4. The van der Waals surface area contributed by atoms with E-state index in [1.165, 1.54) is 0 Å². The highest BCUT2D eigenvalue weighted by Gasteiger charge is 2.42. The van der Waals surface area contributed by atoms with Crippen molar-refractivity contribution in [2.75, 3.05) is 6.61 Å². The van der Waals surface area contributed by atoms with Crippen LogP contribution < -0.4 is 9.47 Å². The Labute approximate surface area is 275 Å². The Morgan fingerprint density at radius 2 is 1.10 bits per heavy atom. The van der Waals surface area contributed by atoms with Gasteiger partial charge in [-0.1, -0.05) is 13.3 Å². The first kappa shape index (κ1) is 36.8. The molecule has 50 heavy (non-hydrogen) atoms. The summed E-state index contributed by atoms with van der Waals surface area (Å²) in [7, 11) is 0. The molecular formula is C34H23F13O3. The fraction of sp³-hybridized carbons (Fsp3) is 0.294. The maximum absolute atomic E-state index is 15.1. The number of rotatable bonds is 9. The number of hydrogen-bond acceptors (Lipinski definition) is 3. The molecule has 1 aliphatic rings. The molecule has 1 heterocycles. The average molecular weight is 727 g/mol. The summed E-state index contributed by atoms with van der Waals surface area (Å²) in [5.41, 5.74) is -6.04. The molecule has 0 radical (unpaired) electrons. The summed E-state index contributed by atoms with van der Waals surface area (Å²) in [6.45, 7) is 2.38. The maximum atomic E-state index is 15.1. The normalized spacial score (nSPS) is 16.8. The Hall–Kier alpha value is -4.47. The number of halogens is 13. The molecule has 16 heteroatoms. The van der Waals surface area contributed by atoms with Gasteiger partial charge >= 0.3 is 12.5 Å². The van der Waals surface area contributed by atoms with Crippen LogP contribution in [-0.2, 0) is 10.8 Å². The molecule has 0 spiro atoms. The molecule has 0 aliphatic carbocycles. The summed E-state index contributed by atoms with van der Waals surface area (Å²) in [6, 6.07) is 2.43. The van der Waals surface area contributed by atoms with E-state index in [-0.39, 0.29) is 42.0 Å². The first-order valence-electron chi connectivity index (χ1n) is 14.8. The van der Waals surface area contributed by atoms with E-state index in [1.54, 1.807) is 0 Å². The Balaban J connectivity index is 1.39. The van der Waals surface area contributed by atoms with Crippen molar-refractivity contribution in [1.82, 2.24) is 0 Å². The van der Waals surface area contributed by atoms with Gasteiger partial charge in [-0.3, -0.25) is 0 Å². The van der Waals surface area contributed by atoms with Gasteiger partial charge in [0.1, 0.15) is 46.2 Å². The van der Waals surface area contributed by atoms with E-state index >= 15 is 26.3 Å². The van der Waals surface area contributed by atoms with Gasteiger partial charge in [0.05, 0.1) is 23.8 Å². The molecular weight excluding hydrogens is 703 g/mol. The van der Waals surface area contributed by atoms with Gasteiger partial charge in [-0.15, -0.1) is 13.2 Å². The van der Waals surface area contributed by atoms with Gasteiger partial charge in [-0.25, -0.2) is 35.1 Å². The third-order valence-electron chi connectivity index (χ3n) is 7.89. The summed E-state index contributed by atoms with van der Waals surface area (Å²) >= 11 is 0. The minimum atomic E-state index is -5.52. The molecule has 4 aromatic rings. The Morgan fingerprint density at radius 3 is 1.54 bits per heavy atom. The van der Waals surface area contributed by atoms with Crippen LogP contribution in [0.25, 0.3) is 22.3 Å². The smallest absolute Gasteiger partial charge is 0.429 e. The van der Waals surface area contributed by atoms with E-state index in [9.17, 15) is 30.7 Å². The third kappa shape index (κ3) is 7.79. The van der Waals surface area contributed by atoms with Crippen LogP contribution in [0, 0.1) is 52.5 Å². The highest BCUT2D eigenvalue weighted by molar-refractivity contribution is 5.68. The molecule has 1 saturated heterocycles. The fourth-order valence-electron chi connectivity index (χ4n) is 5.76. The van der Waals surface area contributed by atoms with Crippen molar-refractivity contribution < 1.29 is 71.3 Å². The average Bonchev–Trinajstić information content (AvgIpc) is 2.97. The molecule has 0 bridgehead atoms. The molecule has 1 fully saturated rings. The second-order valence-electron chi connectivity index (χ2n) is 11.4. The minimum Gasteiger partial charge on any atom is -0.429 e. The van der Waals surface area contributed by atoms with Crippen molar-refractivity contribution in [2.45, 2.75) is 51.2 Å². The lowest BCUT2D eigenvalue weighted by molar-refractivity contribution is -0.276. The summed E-state index contributed by atoms with van der Waals surface area (Å²) in [5.74, 6) is -17.4. The van der Waals surface area contributed by atoms with Crippen LogP contribution in [0.3, 0.4) is 0 Å². The van der Waals surface area contributed by atoms with Crippen molar-refractivity contribution >= 4 is 0 Å². The van der Waals surface area contributed by atoms with Crippen molar-refractivity contribution in [3.63, 3.8) is 0 Å². The van der Waals surface area contributed by atoms with E-state index in [4.69, 9.17) is 4.74 Å². The SMILES string of the molecule is CCCC1CCC(c2cc(F)c(-c3cc(F)c(C(F)(F)Oc4cc(F)c(-c5cc(F)c(OC(F)(F)F)c(F)c5)c(F)c4)c(F)c3)c(F)c2)OC1. The van der Waals surface area contributed by atoms with Gasteiger partial charge in [-0.05, 0) is 78.3 Å². The predicted octanol–water partition coefficient (Wildman–Crippen LogP) is 11.4. The largest absolute Gasteiger partial charge is 0.573 e. The molecule has 0 saturated carbocycles. The van der Waals surface area contributed by atoms with Crippen LogP contribution in [0.15, 0.2) is 48.5 Å². The van der Waals surface area contributed by atoms with Gasteiger partial charge in [0, 0.05) is 12.1 Å². The number of hydrogen-bond donors (Lipinski definition) is 0. The summed E-state index contributed by atoms with van der Waals surface area (Å²) in [4.78, 5) is 0. The minimum absolute atomic E-state index is 0.0404. The Kier molecular flexibility index (Phi) is 10.3. The zero-order valence-corrected chi connectivity index (χ0v) is 25.4. The molecule has 5 rings (SSSR count). The van der Waals surface area contributed by atoms with E-state index in [2.05, 4.69) is 9.47 Å².